The SMILES string of the molecule is CC(=O)c1ccc(NC(=O)O[C@@H](c2cccc(OCCO)c2)C(C)(C)CC/C=C/C(=O)Nc2ccccc2N)cc1. The van der Waals surface area contributed by atoms with Crippen molar-refractivity contribution in [1.82, 2.24) is 0 Å². The van der Waals surface area contributed by atoms with Gasteiger partial charge in [-0.3, -0.25) is 14.9 Å². The topological polar surface area (TPSA) is 140 Å². The van der Waals surface area contributed by atoms with Gasteiger partial charge in [-0.15, -0.1) is 0 Å². The number of hydrogen-bond donors (Lipinski definition) is 4. The van der Waals surface area contributed by atoms with E-state index >= 15 is 0 Å². The Morgan fingerprint density at radius 3 is 2.41 bits per heavy atom. The molecular weight excluding hydrogens is 522 g/mol. The molecule has 3 rings (SSSR count). The molecule has 0 spiro atoms. The van der Waals surface area contributed by atoms with Gasteiger partial charge in [0, 0.05) is 16.7 Å². The number of rotatable bonds is 13. The molecular formula is C32H37N3O6. The summed E-state index contributed by atoms with van der Waals surface area (Å²) in [6, 6.07) is 20.8. The number of carbonyl (C=O) groups is 3. The third kappa shape index (κ3) is 9.51. The zero-order valence-corrected chi connectivity index (χ0v) is 23.6. The Hall–Kier alpha value is -4.63. The molecule has 9 heteroatoms. The maximum atomic E-state index is 13.0. The summed E-state index contributed by atoms with van der Waals surface area (Å²) in [7, 11) is 0. The number of nitrogens with one attached hydrogen (secondary N) is 2. The molecule has 1 atom stereocenters. The van der Waals surface area contributed by atoms with Gasteiger partial charge in [0.05, 0.1) is 18.0 Å². The zero-order valence-electron chi connectivity index (χ0n) is 23.6. The van der Waals surface area contributed by atoms with Gasteiger partial charge in [-0.25, -0.2) is 4.79 Å². The maximum absolute atomic E-state index is 13.0. The van der Waals surface area contributed by atoms with Gasteiger partial charge in [-0.05, 0) is 79.9 Å². The van der Waals surface area contributed by atoms with Crippen LogP contribution >= 0.6 is 0 Å². The van der Waals surface area contributed by atoms with Crippen LogP contribution in [0.2, 0.25) is 0 Å². The molecule has 0 aliphatic rings. The number of amides is 2. The molecule has 0 unspecified atom stereocenters. The molecule has 2 amide bonds. The van der Waals surface area contributed by atoms with Crippen LogP contribution in [0.1, 0.15) is 55.6 Å². The summed E-state index contributed by atoms with van der Waals surface area (Å²) in [6.45, 7) is 5.44. The van der Waals surface area contributed by atoms with Crippen LogP contribution in [-0.4, -0.2) is 36.1 Å². The number of benzene rings is 3. The minimum atomic E-state index is -0.678. The average Bonchev–Trinajstić information content (AvgIpc) is 2.94. The molecule has 3 aromatic rings. The van der Waals surface area contributed by atoms with E-state index in [-0.39, 0.29) is 24.9 Å². The molecule has 0 bridgehead atoms. The minimum absolute atomic E-state index is 0.0695. The number of nitrogen functional groups attached to an aromatic ring is 1. The largest absolute Gasteiger partial charge is 0.491 e. The van der Waals surface area contributed by atoms with E-state index in [1.54, 1.807) is 72.8 Å². The number of carbonyl (C=O) groups excluding carboxylic acids is 3. The number of nitrogens with two attached hydrogens (primary N) is 1. The van der Waals surface area contributed by atoms with Crippen LogP contribution in [0.3, 0.4) is 0 Å². The Kier molecular flexibility index (Phi) is 11.1. The molecule has 0 radical (unpaired) electrons. The van der Waals surface area contributed by atoms with Gasteiger partial charge in [0.15, 0.2) is 5.78 Å². The van der Waals surface area contributed by atoms with Crippen LogP contribution in [0, 0.1) is 5.41 Å². The van der Waals surface area contributed by atoms with E-state index in [2.05, 4.69) is 10.6 Å². The van der Waals surface area contributed by atoms with Crippen molar-refractivity contribution in [2.75, 3.05) is 29.6 Å². The first-order valence-electron chi connectivity index (χ1n) is 13.3. The smallest absolute Gasteiger partial charge is 0.412 e. The molecule has 0 aliphatic carbocycles. The Bertz CT molecular complexity index is 1370. The summed E-state index contributed by atoms with van der Waals surface area (Å²) < 4.78 is 11.5. The number of anilines is 3. The van der Waals surface area contributed by atoms with Crippen LogP contribution in [0.25, 0.3) is 0 Å². The Balaban J connectivity index is 1.73. The van der Waals surface area contributed by atoms with Crippen molar-refractivity contribution in [2.45, 2.75) is 39.7 Å². The normalized spacial score (nSPS) is 12.0. The van der Waals surface area contributed by atoms with Crippen molar-refractivity contribution < 1.29 is 29.0 Å². The maximum Gasteiger partial charge on any atom is 0.412 e. The Morgan fingerprint density at radius 2 is 1.73 bits per heavy atom. The molecule has 216 valence electrons. The third-order valence-corrected chi connectivity index (χ3v) is 6.44. The van der Waals surface area contributed by atoms with Gasteiger partial charge in [-0.1, -0.05) is 44.2 Å². The highest BCUT2D eigenvalue weighted by Crippen LogP contribution is 2.41. The standard InChI is InChI=1S/C32H37N3O6/c1-22(37)23-14-16-25(17-15-23)34-31(39)41-30(24-9-8-10-26(21-24)40-20-19-36)32(2,3)18-7-6-13-29(38)35-28-12-5-4-11-27(28)33/h4-6,8-17,21,30,36H,7,18-20,33H2,1-3H3,(H,34,39)(H,35,38)/b13-6+/t30-/m0/s1. The van der Waals surface area contributed by atoms with Crippen molar-refractivity contribution in [3.63, 3.8) is 0 Å². The van der Waals surface area contributed by atoms with Crippen molar-refractivity contribution >= 4 is 34.8 Å². The molecule has 0 aromatic heterocycles. The van der Waals surface area contributed by atoms with Gasteiger partial charge < -0.3 is 25.6 Å². The lowest BCUT2D eigenvalue weighted by Gasteiger charge is -2.34. The quantitative estimate of drug-likeness (QED) is 0.112. The molecule has 5 N–H and O–H groups in total. The first-order chi connectivity index (χ1) is 19.6. The summed E-state index contributed by atoms with van der Waals surface area (Å²) >= 11 is 0. The highest BCUT2D eigenvalue weighted by atomic mass is 16.6. The number of ether oxygens (including phenoxy) is 2. The van der Waals surface area contributed by atoms with E-state index in [1.807, 2.05) is 19.9 Å². The monoisotopic (exact) mass is 559 g/mol. The summed E-state index contributed by atoms with van der Waals surface area (Å²) in [5, 5.41) is 14.6. The highest BCUT2D eigenvalue weighted by Gasteiger charge is 2.34. The fourth-order valence-electron chi connectivity index (χ4n) is 4.21. The van der Waals surface area contributed by atoms with Gasteiger partial charge in [0.2, 0.25) is 5.91 Å². The Labute approximate surface area is 240 Å². The van der Waals surface area contributed by atoms with Crippen LogP contribution in [0.15, 0.2) is 84.9 Å². The number of Topliss-reactive ketones (excluding diaryl/α,β-unsaturated/α-hetero) is 1. The first kappa shape index (κ1) is 30.9. The number of allylic oxidation sites excluding steroid dienone is 1. The molecule has 0 saturated carbocycles. The fraction of sp³-hybridized carbons (Fsp3) is 0.281. The summed E-state index contributed by atoms with van der Waals surface area (Å²) in [6.07, 6.45) is 3.01. The summed E-state index contributed by atoms with van der Waals surface area (Å²) in [5.41, 5.74) is 8.10. The predicted octanol–water partition coefficient (Wildman–Crippen LogP) is 6.13. The molecule has 9 nitrogen and oxygen atoms in total. The zero-order chi connectivity index (χ0) is 29.8. The Morgan fingerprint density at radius 1 is 1.00 bits per heavy atom. The molecule has 3 aromatic carbocycles. The number of aliphatic hydroxyl groups is 1. The van der Waals surface area contributed by atoms with Crippen LogP contribution in [-0.2, 0) is 9.53 Å². The summed E-state index contributed by atoms with van der Waals surface area (Å²) in [4.78, 5) is 36.9. The lowest BCUT2D eigenvalue weighted by molar-refractivity contribution is -0.111. The van der Waals surface area contributed by atoms with Crippen LogP contribution < -0.4 is 21.1 Å². The van der Waals surface area contributed by atoms with E-state index in [1.165, 1.54) is 13.0 Å². The van der Waals surface area contributed by atoms with E-state index < -0.39 is 17.6 Å². The van der Waals surface area contributed by atoms with Gasteiger partial charge in [0.1, 0.15) is 18.5 Å². The van der Waals surface area contributed by atoms with Crippen molar-refractivity contribution in [1.29, 1.82) is 0 Å². The molecule has 0 aliphatic heterocycles. The molecule has 0 fully saturated rings. The van der Waals surface area contributed by atoms with Crippen molar-refractivity contribution in [2.24, 2.45) is 5.41 Å². The van der Waals surface area contributed by atoms with E-state index in [9.17, 15) is 14.4 Å². The van der Waals surface area contributed by atoms with Crippen LogP contribution in [0.4, 0.5) is 21.9 Å². The molecule has 41 heavy (non-hydrogen) atoms. The van der Waals surface area contributed by atoms with Gasteiger partial charge >= 0.3 is 6.09 Å². The second kappa shape index (κ2) is 14.7. The van der Waals surface area contributed by atoms with Crippen LogP contribution in [0.5, 0.6) is 5.75 Å². The van der Waals surface area contributed by atoms with E-state index in [0.717, 1.165) is 0 Å². The number of hydrogen-bond acceptors (Lipinski definition) is 7. The summed E-state index contributed by atoms with van der Waals surface area (Å²) in [5.74, 6) is 0.176. The van der Waals surface area contributed by atoms with Crippen molar-refractivity contribution in [3.8, 4) is 5.75 Å². The van der Waals surface area contributed by atoms with Crippen molar-refractivity contribution in [3.05, 3.63) is 96.1 Å². The molecule has 0 heterocycles. The fourth-order valence-corrected chi connectivity index (χ4v) is 4.21. The third-order valence-electron chi connectivity index (χ3n) is 6.44. The lowest BCUT2D eigenvalue weighted by Crippen LogP contribution is -2.29. The second-order valence-electron chi connectivity index (χ2n) is 10.2. The minimum Gasteiger partial charge on any atom is -0.491 e. The van der Waals surface area contributed by atoms with Gasteiger partial charge in [0.25, 0.3) is 0 Å². The number of aliphatic hydroxyl groups excluding tert-OH is 1. The highest BCUT2D eigenvalue weighted by molar-refractivity contribution is 6.01. The van der Waals surface area contributed by atoms with E-state index in [4.69, 9.17) is 20.3 Å². The number of ketones is 1. The van der Waals surface area contributed by atoms with Gasteiger partial charge in [-0.2, -0.15) is 0 Å². The lowest BCUT2D eigenvalue weighted by atomic mass is 9.78. The predicted molar refractivity (Wildman–Crippen MR) is 160 cm³/mol. The average molecular weight is 560 g/mol. The van der Waals surface area contributed by atoms with E-state index in [0.29, 0.717) is 46.8 Å². The number of para-hydroxylation sites is 2. The first-order valence-corrected chi connectivity index (χ1v) is 13.3. The second-order valence-corrected chi connectivity index (χ2v) is 10.2. The molecule has 0 saturated heterocycles.